The zero-order valence-corrected chi connectivity index (χ0v) is 10.2. The standard InChI is InChI=1S/C12H10N4OS/c13-6-7-18-12-15-11(17)8-10(14)16(12)9-4-2-1-3-5-9/h1-5,8H,7,14H2. The summed E-state index contributed by atoms with van der Waals surface area (Å²) in [7, 11) is 0. The Balaban J connectivity index is 2.58. The Morgan fingerprint density at radius 3 is 2.78 bits per heavy atom. The van der Waals surface area contributed by atoms with Gasteiger partial charge in [-0.25, -0.2) is 0 Å². The van der Waals surface area contributed by atoms with Crippen molar-refractivity contribution in [3.63, 3.8) is 0 Å². The van der Waals surface area contributed by atoms with Crippen LogP contribution in [0.5, 0.6) is 0 Å². The van der Waals surface area contributed by atoms with E-state index in [2.05, 4.69) is 4.98 Å². The predicted molar refractivity (Wildman–Crippen MR) is 70.6 cm³/mol. The third-order valence-electron chi connectivity index (χ3n) is 2.21. The number of thioether (sulfide) groups is 1. The first kappa shape index (κ1) is 12.2. The Kier molecular flexibility index (Phi) is 3.65. The van der Waals surface area contributed by atoms with Crippen LogP contribution in [0.4, 0.5) is 5.82 Å². The molecule has 2 rings (SSSR count). The van der Waals surface area contributed by atoms with E-state index in [9.17, 15) is 4.79 Å². The Morgan fingerprint density at radius 2 is 2.11 bits per heavy atom. The lowest BCUT2D eigenvalue weighted by molar-refractivity contribution is 0.824. The highest BCUT2D eigenvalue weighted by atomic mass is 32.2. The van der Waals surface area contributed by atoms with Crippen molar-refractivity contribution >= 4 is 17.6 Å². The molecule has 0 atom stereocenters. The second-order valence-corrected chi connectivity index (χ2v) is 4.36. The number of benzene rings is 1. The van der Waals surface area contributed by atoms with Crippen molar-refractivity contribution in [1.82, 2.24) is 9.55 Å². The van der Waals surface area contributed by atoms with E-state index in [1.807, 2.05) is 36.4 Å². The van der Waals surface area contributed by atoms with Crippen molar-refractivity contribution in [3.05, 3.63) is 46.8 Å². The molecule has 18 heavy (non-hydrogen) atoms. The first-order valence-electron chi connectivity index (χ1n) is 5.17. The smallest absolute Gasteiger partial charge is 0.275 e. The van der Waals surface area contributed by atoms with Gasteiger partial charge in [0.05, 0.1) is 11.8 Å². The fraction of sp³-hybridized carbons (Fsp3) is 0.0833. The average Bonchev–Trinajstić information content (AvgIpc) is 2.36. The molecule has 0 spiro atoms. The molecule has 0 aliphatic rings. The Labute approximate surface area is 108 Å². The minimum absolute atomic E-state index is 0.211. The van der Waals surface area contributed by atoms with Crippen molar-refractivity contribution in [2.75, 3.05) is 11.5 Å². The van der Waals surface area contributed by atoms with Crippen LogP contribution in [0.2, 0.25) is 0 Å². The molecule has 90 valence electrons. The van der Waals surface area contributed by atoms with Crippen LogP contribution >= 0.6 is 11.8 Å². The van der Waals surface area contributed by atoms with Gasteiger partial charge in [0.2, 0.25) is 0 Å². The maximum absolute atomic E-state index is 11.4. The number of hydrogen-bond acceptors (Lipinski definition) is 5. The summed E-state index contributed by atoms with van der Waals surface area (Å²) in [6.45, 7) is 0. The van der Waals surface area contributed by atoms with Gasteiger partial charge in [-0.05, 0) is 12.1 Å². The second-order valence-electron chi connectivity index (χ2n) is 3.42. The highest BCUT2D eigenvalue weighted by Crippen LogP contribution is 2.21. The molecular formula is C12H10N4OS. The maximum Gasteiger partial charge on any atom is 0.275 e. The first-order chi connectivity index (χ1) is 8.72. The van der Waals surface area contributed by atoms with E-state index < -0.39 is 5.56 Å². The molecule has 6 heteroatoms. The Bertz CT molecular complexity index is 645. The van der Waals surface area contributed by atoms with Crippen molar-refractivity contribution in [1.29, 1.82) is 5.26 Å². The average molecular weight is 258 g/mol. The maximum atomic E-state index is 11.4. The van der Waals surface area contributed by atoms with Gasteiger partial charge in [0.15, 0.2) is 5.16 Å². The molecule has 0 saturated carbocycles. The number of nitrogens with two attached hydrogens (primary N) is 1. The largest absolute Gasteiger partial charge is 0.385 e. The van der Waals surface area contributed by atoms with Crippen molar-refractivity contribution in [2.45, 2.75) is 5.16 Å². The number of para-hydroxylation sites is 1. The number of rotatable bonds is 3. The molecule has 0 amide bonds. The summed E-state index contributed by atoms with van der Waals surface area (Å²) < 4.78 is 1.66. The number of nitrogen functional groups attached to an aromatic ring is 1. The van der Waals surface area contributed by atoms with E-state index in [0.29, 0.717) is 11.0 Å². The highest BCUT2D eigenvalue weighted by molar-refractivity contribution is 7.99. The third kappa shape index (κ3) is 2.52. The van der Waals surface area contributed by atoms with Gasteiger partial charge in [0.1, 0.15) is 5.82 Å². The third-order valence-corrected chi connectivity index (χ3v) is 3.01. The minimum atomic E-state index is -0.403. The molecule has 1 heterocycles. The molecule has 0 bridgehead atoms. The van der Waals surface area contributed by atoms with Crippen LogP contribution in [-0.4, -0.2) is 15.3 Å². The zero-order chi connectivity index (χ0) is 13.0. The number of nitrogens with zero attached hydrogens (tertiary/aromatic N) is 3. The van der Waals surface area contributed by atoms with Crippen LogP contribution in [-0.2, 0) is 0 Å². The summed E-state index contributed by atoms with van der Waals surface area (Å²) in [4.78, 5) is 15.2. The van der Waals surface area contributed by atoms with Gasteiger partial charge in [-0.3, -0.25) is 9.36 Å². The molecule has 2 N–H and O–H groups in total. The first-order valence-corrected chi connectivity index (χ1v) is 6.15. The van der Waals surface area contributed by atoms with E-state index in [-0.39, 0.29) is 5.75 Å². The van der Waals surface area contributed by atoms with E-state index in [4.69, 9.17) is 11.0 Å². The topological polar surface area (TPSA) is 84.7 Å². The lowest BCUT2D eigenvalue weighted by atomic mass is 10.3. The molecule has 0 unspecified atom stereocenters. The molecule has 5 nitrogen and oxygen atoms in total. The SMILES string of the molecule is N#CCSc1nc(=O)cc(N)n1-c1ccccc1. The van der Waals surface area contributed by atoms with Crippen molar-refractivity contribution in [3.8, 4) is 11.8 Å². The molecular weight excluding hydrogens is 248 g/mol. The molecule has 0 radical (unpaired) electrons. The Hall–Kier alpha value is -2.26. The molecule has 0 aliphatic heterocycles. The summed E-state index contributed by atoms with van der Waals surface area (Å²) in [6, 6.07) is 12.6. The zero-order valence-electron chi connectivity index (χ0n) is 9.41. The Morgan fingerprint density at radius 1 is 1.39 bits per heavy atom. The van der Waals surface area contributed by atoms with Gasteiger partial charge in [-0.2, -0.15) is 10.2 Å². The van der Waals surface area contributed by atoms with E-state index >= 15 is 0 Å². The highest BCUT2D eigenvalue weighted by Gasteiger charge is 2.09. The predicted octanol–water partition coefficient (Wildman–Crippen LogP) is 1.43. The van der Waals surface area contributed by atoms with Crippen molar-refractivity contribution in [2.24, 2.45) is 0 Å². The molecule has 2 aromatic rings. The van der Waals surface area contributed by atoms with Crippen LogP contribution in [0.1, 0.15) is 0 Å². The molecule has 0 fully saturated rings. The molecule has 0 aliphatic carbocycles. The monoisotopic (exact) mass is 258 g/mol. The van der Waals surface area contributed by atoms with Crippen LogP contribution in [0.25, 0.3) is 5.69 Å². The van der Waals surface area contributed by atoms with Crippen LogP contribution in [0, 0.1) is 11.3 Å². The summed E-state index contributed by atoms with van der Waals surface area (Å²) in [5, 5.41) is 9.03. The van der Waals surface area contributed by atoms with Gasteiger partial charge in [-0.15, -0.1) is 0 Å². The summed E-state index contributed by atoms with van der Waals surface area (Å²) in [6.07, 6.45) is 0. The summed E-state index contributed by atoms with van der Waals surface area (Å²) in [5.74, 6) is 0.518. The van der Waals surface area contributed by atoms with Crippen molar-refractivity contribution < 1.29 is 0 Å². The van der Waals surface area contributed by atoms with E-state index in [1.165, 1.54) is 17.8 Å². The number of aromatic nitrogens is 2. The van der Waals surface area contributed by atoms with E-state index in [0.717, 1.165) is 5.69 Å². The summed E-state index contributed by atoms with van der Waals surface area (Å²) >= 11 is 1.18. The molecule has 0 saturated heterocycles. The quantitative estimate of drug-likeness (QED) is 0.665. The number of nitriles is 1. The van der Waals surface area contributed by atoms with Gasteiger partial charge in [0.25, 0.3) is 5.56 Å². The lowest BCUT2D eigenvalue weighted by Gasteiger charge is -2.13. The summed E-state index contributed by atoms with van der Waals surface area (Å²) in [5.41, 5.74) is 6.26. The van der Waals surface area contributed by atoms with Gasteiger partial charge in [-0.1, -0.05) is 30.0 Å². The molecule has 1 aromatic heterocycles. The van der Waals surface area contributed by atoms with Gasteiger partial charge >= 0.3 is 0 Å². The van der Waals surface area contributed by atoms with Crippen LogP contribution in [0.3, 0.4) is 0 Å². The second kappa shape index (κ2) is 5.38. The van der Waals surface area contributed by atoms with Crippen LogP contribution in [0.15, 0.2) is 46.3 Å². The van der Waals surface area contributed by atoms with Gasteiger partial charge in [0, 0.05) is 11.8 Å². The van der Waals surface area contributed by atoms with E-state index in [1.54, 1.807) is 4.57 Å². The number of hydrogen-bond donors (Lipinski definition) is 1. The van der Waals surface area contributed by atoms with Crippen LogP contribution < -0.4 is 11.3 Å². The van der Waals surface area contributed by atoms with Gasteiger partial charge < -0.3 is 5.73 Å². The number of anilines is 1. The minimum Gasteiger partial charge on any atom is -0.385 e. The normalized spacial score (nSPS) is 9.94. The fourth-order valence-corrected chi connectivity index (χ4v) is 2.20. The molecule has 1 aromatic carbocycles. The lowest BCUT2D eigenvalue weighted by Crippen LogP contribution is -2.16. The fourth-order valence-electron chi connectivity index (χ4n) is 1.51.